The van der Waals surface area contributed by atoms with Crippen LogP contribution in [-0.2, 0) is 6.18 Å². The zero-order valence-electron chi connectivity index (χ0n) is 8.41. The summed E-state index contributed by atoms with van der Waals surface area (Å²) >= 11 is 0. The van der Waals surface area contributed by atoms with Crippen LogP contribution < -0.4 is 0 Å². The highest BCUT2D eigenvalue weighted by molar-refractivity contribution is 5.94. The number of rotatable bonds is 2. The van der Waals surface area contributed by atoms with Crippen LogP contribution in [0.5, 0.6) is 0 Å². The molecule has 0 unspecified atom stereocenters. The minimum absolute atomic E-state index is 0.0851. The molecule has 0 amide bonds. The Bertz CT molecular complexity index is 449. The smallest absolute Gasteiger partial charge is 0.294 e. The number of Topliss-reactive ketones (excluding diaryl/α,β-unsaturated/α-hetero) is 1. The first-order valence-corrected chi connectivity index (χ1v) is 4.34. The van der Waals surface area contributed by atoms with Crippen molar-refractivity contribution in [1.82, 2.24) is 0 Å². The van der Waals surface area contributed by atoms with E-state index in [4.69, 9.17) is 0 Å². The molecule has 0 saturated heterocycles. The van der Waals surface area contributed by atoms with Gasteiger partial charge in [0.1, 0.15) is 5.82 Å². The van der Waals surface area contributed by atoms with E-state index in [1.807, 2.05) is 0 Å². The molecule has 0 aliphatic carbocycles. The van der Waals surface area contributed by atoms with Gasteiger partial charge in [-0.25, -0.2) is 13.2 Å². The third-order valence-corrected chi connectivity index (χ3v) is 2.06. The normalized spacial score (nSPS) is 12.0. The van der Waals surface area contributed by atoms with Crippen LogP contribution in [0.1, 0.15) is 34.8 Å². The van der Waals surface area contributed by atoms with Crippen LogP contribution in [0, 0.1) is 5.82 Å². The number of hydrogen-bond donors (Lipinski definition) is 0. The highest BCUT2D eigenvalue weighted by atomic mass is 19.4. The third kappa shape index (κ3) is 2.78. The van der Waals surface area contributed by atoms with Gasteiger partial charge >= 0.3 is 6.18 Å². The van der Waals surface area contributed by atoms with Crippen molar-refractivity contribution in [3.63, 3.8) is 0 Å². The van der Waals surface area contributed by atoms with Crippen molar-refractivity contribution < 1.29 is 31.1 Å². The third-order valence-electron chi connectivity index (χ3n) is 2.06. The van der Waals surface area contributed by atoms with E-state index >= 15 is 0 Å². The molecular weight excluding hydrogens is 250 g/mol. The van der Waals surface area contributed by atoms with Gasteiger partial charge < -0.3 is 0 Å². The number of ketones is 1. The van der Waals surface area contributed by atoms with Gasteiger partial charge in [-0.05, 0) is 19.1 Å². The van der Waals surface area contributed by atoms with Crippen molar-refractivity contribution in [2.45, 2.75) is 19.5 Å². The van der Waals surface area contributed by atoms with Gasteiger partial charge in [-0.2, -0.15) is 13.2 Å². The zero-order valence-corrected chi connectivity index (χ0v) is 8.41. The minimum Gasteiger partial charge on any atom is -0.294 e. The summed E-state index contributed by atoms with van der Waals surface area (Å²) in [7, 11) is 0. The van der Waals surface area contributed by atoms with Crippen LogP contribution in [0.3, 0.4) is 0 Å². The number of hydrogen-bond acceptors (Lipinski definition) is 1. The van der Waals surface area contributed by atoms with Crippen LogP contribution in [0.15, 0.2) is 12.1 Å². The van der Waals surface area contributed by atoms with Crippen LogP contribution in [0.2, 0.25) is 0 Å². The molecule has 0 aliphatic heterocycles. The molecule has 0 spiro atoms. The fraction of sp³-hybridized carbons (Fsp3) is 0.300. The summed E-state index contributed by atoms with van der Waals surface area (Å²) in [5.74, 6) is -2.38. The molecule has 1 aromatic carbocycles. The van der Waals surface area contributed by atoms with Crippen molar-refractivity contribution in [2.75, 3.05) is 0 Å². The standard InChI is InChI=1S/C10H6F6O/c1-4(17)5-2-6(9(12)13)7(3-8(5)11)10(14,15)16/h2-3,9H,1H3. The van der Waals surface area contributed by atoms with Crippen LogP contribution in [0.25, 0.3) is 0 Å². The SMILES string of the molecule is CC(=O)c1cc(C(F)F)c(C(F)(F)F)cc1F. The molecule has 0 atom stereocenters. The van der Waals surface area contributed by atoms with Gasteiger partial charge in [-0.15, -0.1) is 0 Å². The first kappa shape index (κ1) is 13.5. The molecule has 1 aromatic rings. The Morgan fingerprint density at radius 1 is 1.24 bits per heavy atom. The number of benzene rings is 1. The number of carbonyl (C=O) groups is 1. The fourth-order valence-corrected chi connectivity index (χ4v) is 1.29. The second-order valence-corrected chi connectivity index (χ2v) is 3.27. The van der Waals surface area contributed by atoms with Gasteiger partial charge in [-0.3, -0.25) is 4.79 Å². The molecule has 7 heteroatoms. The maximum absolute atomic E-state index is 13.1. The fourth-order valence-electron chi connectivity index (χ4n) is 1.29. The van der Waals surface area contributed by atoms with Crippen molar-refractivity contribution >= 4 is 5.78 Å². The summed E-state index contributed by atoms with van der Waals surface area (Å²) in [6.07, 6.45) is -8.53. The Kier molecular flexibility index (Phi) is 3.49. The van der Waals surface area contributed by atoms with Crippen molar-refractivity contribution in [1.29, 1.82) is 0 Å². The minimum atomic E-state index is -5.10. The predicted molar refractivity (Wildman–Crippen MR) is 46.4 cm³/mol. The Labute approximate surface area is 92.0 Å². The van der Waals surface area contributed by atoms with Crippen LogP contribution >= 0.6 is 0 Å². The average Bonchev–Trinajstić information content (AvgIpc) is 2.14. The first-order valence-electron chi connectivity index (χ1n) is 4.34. The maximum atomic E-state index is 13.1. The van der Waals surface area contributed by atoms with E-state index in [1.54, 1.807) is 0 Å². The van der Waals surface area contributed by atoms with E-state index < -0.39 is 40.9 Å². The monoisotopic (exact) mass is 256 g/mol. The molecule has 0 bridgehead atoms. The van der Waals surface area contributed by atoms with Gasteiger partial charge in [0.2, 0.25) is 0 Å². The largest absolute Gasteiger partial charge is 0.416 e. The Morgan fingerprint density at radius 3 is 2.12 bits per heavy atom. The highest BCUT2D eigenvalue weighted by Crippen LogP contribution is 2.37. The summed E-state index contributed by atoms with van der Waals surface area (Å²) in [5, 5.41) is 0. The molecule has 1 nitrogen and oxygen atoms in total. The van der Waals surface area contributed by atoms with Crippen LogP contribution in [0.4, 0.5) is 26.3 Å². The van der Waals surface area contributed by atoms with E-state index in [0.29, 0.717) is 0 Å². The molecule has 17 heavy (non-hydrogen) atoms. The molecule has 0 fully saturated rings. The summed E-state index contributed by atoms with van der Waals surface area (Å²) in [4.78, 5) is 10.8. The Hall–Kier alpha value is -1.53. The second-order valence-electron chi connectivity index (χ2n) is 3.27. The molecule has 0 aliphatic rings. The lowest BCUT2D eigenvalue weighted by Crippen LogP contribution is -2.12. The number of alkyl halides is 5. The van der Waals surface area contributed by atoms with Crippen molar-refractivity contribution in [3.8, 4) is 0 Å². The first-order chi connectivity index (χ1) is 7.64. The molecule has 94 valence electrons. The highest BCUT2D eigenvalue weighted by Gasteiger charge is 2.37. The number of halogens is 6. The van der Waals surface area contributed by atoms with E-state index in [1.165, 1.54) is 0 Å². The van der Waals surface area contributed by atoms with E-state index in [9.17, 15) is 31.1 Å². The lowest BCUT2D eigenvalue weighted by Gasteiger charge is -2.13. The predicted octanol–water partition coefficient (Wildman–Crippen LogP) is 3.98. The van der Waals surface area contributed by atoms with Gasteiger partial charge in [-0.1, -0.05) is 0 Å². The van der Waals surface area contributed by atoms with Crippen LogP contribution in [-0.4, -0.2) is 5.78 Å². The van der Waals surface area contributed by atoms with Gasteiger partial charge in [0.05, 0.1) is 11.1 Å². The maximum Gasteiger partial charge on any atom is 0.416 e. The van der Waals surface area contributed by atoms with Crippen molar-refractivity contribution in [3.05, 3.63) is 34.6 Å². The topological polar surface area (TPSA) is 17.1 Å². The van der Waals surface area contributed by atoms with E-state index in [0.717, 1.165) is 6.92 Å². The summed E-state index contributed by atoms with van der Waals surface area (Å²) in [6.45, 7) is 0.876. The average molecular weight is 256 g/mol. The Morgan fingerprint density at radius 2 is 1.76 bits per heavy atom. The zero-order chi connectivity index (χ0) is 13.4. The molecular formula is C10H6F6O. The lowest BCUT2D eigenvalue weighted by atomic mass is 10.0. The van der Waals surface area contributed by atoms with Gasteiger partial charge in [0, 0.05) is 5.56 Å². The van der Waals surface area contributed by atoms with Gasteiger partial charge in [0.25, 0.3) is 6.43 Å². The molecule has 0 aromatic heterocycles. The van der Waals surface area contributed by atoms with Crippen molar-refractivity contribution in [2.24, 2.45) is 0 Å². The molecule has 1 rings (SSSR count). The lowest BCUT2D eigenvalue weighted by molar-refractivity contribution is -0.139. The summed E-state index contributed by atoms with van der Waals surface area (Å²) in [6, 6.07) is 0.156. The van der Waals surface area contributed by atoms with E-state index in [-0.39, 0.29) is 12.1 Å². The molecule has 0 N–H and O–H groups in total. The van der Waals surface area contributed by atoms with Gasteiger partial charge in [0.15, 0.2) is 5.78 Å². The summed E-state index contributed by atoms with van der Waals surface area (Å²) in [5.41, 5.74) is -3.95. The second kappa shape index (κ2) is 4.38. The number of carbonyl (C=O) groups excluding carboxylic acids is 1. The van der Waals surface area contributed by atoms with E-state index in [2.05, 4.69) is 0 Å². The molecule has 0 saturated carbocycles. The Balaban J connectivity index is 3.53. The molecule has 0 radical (unpaired) electrons. The summed E-state index contributed by atoms with van der Waals surface area (Å²) < 4.78 is 74.9. The molecule has 0 heterocycles. The quantitative estimate of drug-likeness (QED) is 0.577.